The average Bonchev–Trinajstić information content (AvgIpc) is 2.74. The lowest BCUT2D eigenvalue weighted by molar-refractivity contribution is 0.285. The van der Waals surface area contributed by atoms with Crippen LogP contribution in [0.3, 0.4) is 0 Å². The summed E-state index contributed by atoms with van der Waals surface area (Å²) in [6.07, 6.45) is 0.758. The van der Waals surface area contributed by atoms with E-state index in [1.807, 2.05) is 20.8 Å². The zero-order chi connectivity index (χ0) is 13.1. The second-order valence-electron chi connectivity index (χ2n) is 4.29. The lowest BCUT2D eigenvalue weighted by Gasteiger charge is -2.20. The van der Waals surface area contributed by atoms with Gasteiger partial charge in [0.15, 0.2) is 0 Å². The third-order valence-corrected chi connectivity index (χ3v) is 5.19. The van der Waals surface area contributed by atoms with Crippen molar-refractivity contribution in [3.05, 3.63) is 16.3 Å². The number of nitrogens with one attached hydrogen (secondary N) is 1. The molecule has 0 saturated heterocycles. The number of aliphatic hydroxyl groups is 1. The Bertz CT molecular complexity index is 451. The van der Waals surface area contributed by atoms with Gasteiger partial charge in [-0.15, -0.1) is 11.3 Å². The van der Waals surface area contributed by atoms with E-state index in [1.54, 1.807) is 5.38 Å². The van der Waals surface area contributed by atoms with Crippen LogP contribution in [0.15, 0.2) is 16.3 Å². The summed E-state index contributed by atoms with van der Waals surface area (Å²) < 4.78 is 26.8. The molecule has 1 heterocycles. The normalized spacial score (nSPS) is 14.2. The summed E-state index contributed by atoms with van der Waals surface area (Å²) in [6.45, 7) is 5.81. The maximum atomic E-state index is 12.0. The van der Waals surface area contributed by atoms with Gasteiger partial charge in [-0.05, 0) is 18.4 Å². The molecule has 1 aromatic rings. The van der Waals surface area contributed by atoms with Crippen LogP contribution < -0.4 is 4.72 Å². The summed E-state index contributed by atoms with van der Waals surface area (Å²) >= 11 is 1.25. The van der Waals surface area contributed by atoms with E-state index >= 15 is 0 Å². The zero-order valence-corrected chi connectivity index (χ0v) is 11.9. The molecular formula is C11H19NO3S2. The van der Waals surface area contributed by atoms with E-state index in [0.29, 0.717) is 4.88 Å². The Morgan fingerprint density at radius 1 is 1.47 bits per heavy atom. The number of hydrogen-bond donors (Lipinski definition) is 2. The fourth-order valence-electron chi connectivity index (χ4n) is 1.54. The molecule has 1 aromatic heterocycles. The van der Waals surface area contributed by atoms with Crippen molar-refractivity contribution in [1.29, 1.82) is 0 Å². The van der Waals surface area contributed by atoms with E-state index in [2.05, 4.69) is 4.72 Å². The number of sulfonamides is 1. The number of rotatable bonds is 6. The Kier molecular flexibility index (Phi) is 5.12. The first-order valence-electron chi connectivity index (χ1n) is 5.61. The van der Waals surface area contributed by atoms with Crippen LogP contribution in [0.1, 0.15) is 32.1 Å². The molecule has 6 heteroatoms. The van der Waals surface area contributed by atoms with Gasteiger partial charge in [0.1, 0.15) is 0 Å². The minimum Gasteiger partial charge on any atom is -0.391 e. The Hall–Kier alpha value is -0.430. The van der Waals surface area contributed by atoms with E-state index in [-0.39, 0.29) is 23.5 Å². The Labute approximate surface area is 107 Å². The first kappa shape index (κ1) is 14.6. The third kappa shape index (κ3) is 3.77. The predicted molar refractivity (Wildman–Crippen MR) is 69.5 cm³/mol. The van der Waals surface area contributed by atoms with Gasteiger partial charge in [-0.25, -0.2) is 13.1 Å². The highest BCUT2D eigenvalue weighted by atomic mass is 32.2. The molecule has 0 aliphatic carbocycles. The molecule has 0 fully saturated rings. The predicted octanol–water partition coefficient (Wildman–Crippen LogP) is 1.95. The maximum Gasteiger partial charge on any atom is 0.241 e. The van der Waals surface area contributed by atoms with E-state index < -0.39 is 10.0 Å². The highest BCUT2D eigenvalue weighted by Crippen LogP contribution is 2.20. The molecule has 2 N–H and O–H groups in total. The molecule has 1 unspecified atom stereocenters. The first-order valence-corrected chi connectivity index (χ1v) is 7.97. The van der Waals surface area contributed by atoms with Crippen LogP contribution in [0.5, 0.6) is 0 Å². The van der Waals surface area contributed by atoms with Crippen molar-refractivity contribution in [1.82, 2.24) is 4.72 Å². The van der Waals surface area contributed by atoms with Crippen molar-refractivity contribution in [2.75, 3.05) is 0 Å². The van der Waals surface area contributed by atoms with Crippen molar-refractivity contribution in [2.24, 2.45) is 5.92 Å². The highest BCUT2D eigenvalue weighted by molar-refractivity contribution is 7.89. The molecule has 0 aliphatic heterocycles. The molecule has 0 radical (unpaired) electrons. The number of aliphatic hydroxyl groups excluding tert-OH is 1. The van der Waals surface area contributed by atoms with Crippen LogP contribution in [0.2, 0.25) is 0 Å². The molecule has 98 valence electrons. The van der Waals surface area contributed by atoms with Crippen molar-refractivity contribution in [2.45, 2.75) is 44.7 Å². The smallest absolute Gasteiger partial charge is 0.241 e. The summed E-state index contributed by atoms with van der Waals surface area (Å²) in [5.41, 5.74) is 0. The summed E-state index contributed by atoms with van der Waals surface area (Å²) in [7, 11) is -3.46. The third-order valence-electron chi connectivity index (χ3n) is 2.65. The molecule has 0 bridgehead atoms. The lowest BCUT2D eigenvalue weighted by Crippen LogP contribution is -2.37. The fraction of sp³-hybridized carbons (Fsp3) is 0.636. The van der Waals surface area contributed by atoms with Gasteiger partial charge >= 0.3 is 0 Å². The molecule has 0 amide bonds. The minimum atomic E-state index is -3.46. The first-order chi connectivity index (χ1) is 7.90. The molecule has 1 rings (SSSR count). The molecule has 1 atom stereocenters. The van der Waals surface area contributed by atoms with Crippen molar-refractivity contribution >= 4 is 21.4 Å². The SMILES string of the molecule is CCC(NS(=O)(=O)c1csc(CO)c1)C(C)C. The summed E-state index contributed by atoms with van der Waals surface area (Å²) in [5, 5.41) is 10.5. The zero-order valence-electron chi connectivity index (χ0n) is 10.3. The summed E-state index contributed by atoms with van der Waals surface area (Å²) in [5.74, 6) is 0.255. The second kappa shape index (κ2) is 5.95. The molecule has 0 aliphatic rings. The van der Waals surface area contributed by atoms with Crippen LogP contribution in [0.25, 0.3) is 0 Å². The molecule has 4 nitrogen and oxygen atoms in total. The molecule has 17 heavy (non-hydrogen) atoms. The minimum absolute atomic E-state index is 0.0579. The Balaban J connectivity index is 2.88. The summed E-state index contributed by atoms with van der Waals surface area (Å²) in [6, 6.07) is 1.46. The van der Waals surface area contributed by atoms with Crippen molar-refractivity contribution in [3.63, 3.8) is 0 Å². The maximum absolute atomic E-state index is 12.0. The number of hydrogen-bond acceptors (Lipinski definition) is 4. The van der Waals surface area contributed by atoms with E-state index in [9.17, 15) is 8.42 Å². The van der Waals surface area contributed by atoms with E-state index in [1.165, 1.54) is 17.4 Å². The van der Waals surface area contributed by atoms with Gasteiger partial charge in [0.25, 0.3) is 0 Å². The summed E-state index contributed by atoms with van der Waals surface area (Å²) in [4.78, 5) is 0.897. The average molecular weight is 277 g/mol. The van der Waals surface area contributed by atoms with Gasteiger partial charge in [-0.2, -0.15) is 0 Å². The van der Waals surface area contributed by atoms with Crippen LogP contribution in [-0.2, 0) is 16.6 Å². The van der Waals surface area contributed by atoms with Gasteiger partial charge < -0.3 is 5.11 Å². The molecular weight excluding hydrogens is 258 g/mol. The highest BCUT2D eigenvalue weighted by Gasteiger charge is 2.22. The van der Waals surface area contributed by atoms with Crippen molar-refractivity contribution in [3.8, 4) is 0 Å². The van der Waals surface area contributed by atoms with Crippen LogP contribution in [0.4, 0.5) is 0 Å². The van der Waals surface area contributed by atoms with Crippen LogP contribution in [0, 0.1) is 5.92 Å². The molecule has 0 saturated carbocycles. The van der Waals surface area contributed by atoms with E-state index in [0.717, 1.165) is 6.42 Å². The fourth-order valence-corrected chi connectivity index (χ4v) is 4.14. The standard InChI is InChI=1S/C11H19NO3S2/c1-4-11(8(2)3)12-17(14,15)10-5-9(6-13)16-7-10/h5,7-8,11-13H,4,6H2,1-3H3. The van der Waals surface area contributed by atoms with Gasteiger partial charge in [-0.1, -0.05) is 20.8 Å². The van der Waals surface area contributed by atoms with Crippen molar-refractivity contribution < 1.29 is 13.5 Å². The Morgan fingerprint density at radius 3 is 2.53 bits per heavy atom. The van der Waals surface area contributed by atoms with Gasteiger partial charge in [0, 0.05) is 16.3 Å². The quantitative estimate of drug-likeness (QED) is 0.835. The topological polar surface area (TPSA) is 66.4 Å². The monoisotopic (exact) mass is 277 g/mol. The second-order valence-corrected chi connectivity index (χ2v) is 7.00. The molecule has 0 spiro atoms. The van der Waals surface area contributed by atoms with E-state index in [4.69, 9.17) is 5.11 Å². The number of thiophene rings is 1. The van der Waals surface area contributed by atoms with Crippen LogP contribution in [-0.4, -0.2) is 19.6 Å². The lowest BCUT2D eigenvalue weighted by atomic mass is 10.0. The largest absolute Gasteiger partial charge is 0.391 e. The molecule has 0 aromatic carbocycles. The Morgan fingerprint density at radius 2 is 2.12 bits per heavy atom. The van der Waals surface area contributed by atoms with Gasteiger partial charge in [0.05, 0.1) is 11.5 Å². The van der Waals surface area contributed by atoms with Gasteiger partial charge in [-0.3, -0.25) is 0 Å². The van der Waals surface area contributed by atoms with Gasteiger partial charge in [0.2, 0.25) is 10.0 Å². The van der Waals surface area contributed by atoms with Crippen LogP contribution >= 0.6 is 11.3 Å².